The van der Waals surface area contributed by atoms with Gasteiger partial charge in [0.15, 0.2) is 0 Å². The first-order valence-electron chi connectivity index (χ1n) is 8.16. The SMILES string of the molecule is CCCCCc1ccccc1-c1ccc2ccccc2c1N. The Kier molecular flexibility index (Phi) is 4.43. The number of anilines is 1. The molecule has 0 aromatic heterocycles. The van der Waals surface area contributed by atoms with Crippen molar-refractivity contribution in [3.05, 3.63) is 66.2 Å². The van der Waals surface area contributed by atoms with Gasteiger partial charge in [-0.3, -0.25) is 0 Å². The molecule has 22 heavy (non-hydrogen) atoms. The second-order valence-electron chi connectivity index (χ2n) is 5.86. The van der Waals surface area contributed by atoms with Crippen molar-refractivity contribution < 1.29 is 0 Å². The standard InChI is InChI=1S/C21H23N/c1-2-3-4-9-16-10-5-7-12-18(16)20-15-14-17-11-6-8-13-19(17)21(20)22/h5-8,10-15H,2-4,9,22H2,1H3. The number of nitrogens with two attached hydrogens (primary N) is 1. The highest BCUT2D eigenvalue weighted by molar-refractivity contribution is 6.00. The summed E-state index contributed by atoms with van der Waals surface area (Å²) in [5.74, 6) is 0. The Morgan fingerprint density at radius 3 is 2.41 bits per heavy atom. The van der Waals surface area contributed by atoms with E-state index in [1.165, 1.54) is 35.8 Å². The molecule has 0 aliphatic rings. The fraction of sp³-hybridized carbons (Fsp3) is 0.238. The van der Waals surface area contributed by atoms with Gasteiger partial charge in [0.1, 0.15) is 0 Å². The number of rotatable bonds is 5. The lowest BCUT2D eigenvalue weighted by atomic mass is 9.93. The van der Waals surface area contributed by atoms with Crippen LogP contribution < -0.4 is 5.73 Å². The minimum atomic E-state index is 0.890. The van der Waals surface area contributed by atoms with Crippen LogP contribution in [-0.2, 0) is 6.42 Å². The van der Waals surface area contributed by atoms with Gasteiger partial charge < -0.3 is 5.73 Å². The van der Waals surface area contributed by atoms with Crippen molar-refractivity contribution >= 4 is 16.5 Å². The molecule has 0 saturated heterocycles. The van der Waals surface area contributed by atoms with E-state index in [0.29, 0.717) is 0 Å². The first-order valence-corrected chi connectivity index (χ1v) is 8.16. The highest BCUT2D eigenvalue weighted by Crippen LogP contribution is 2.34. The second-order valence-corrected chi connectivity index (χ2v) is 5.86. The molecule has 0 spiro atoms. The molecule has 1 heteroatoms. The second kappa shape index (κ2) is 6.65. The summed E-state index contributed by atoms with van der Waals surface area (Å²) in [5.41, 5.74) is 11.2. The van der Waals surface area contributed by atoms with E-state index in [0.717, 1.165) is 23.1 Å². The molecule has 0 amide bonds. The Balaban J connectivity index is 2.06. The molecule has 0 unspecified atom stereocenters. The van der Waals surface area contributed by atoms with E-state index in [2.05, 4.69) is 67.6 Å². The van der Waals surface area contributed by atoms with E-state index < -0.39 is 0 Å². The molecule has 2 N–H and O–H groups in total. The average Bonchev–Trinajstić information content (AvgIpc) is 2.56. The lowest BCUT2D eigenvalue weighted by Gasteiger charge is -2.13. The molecular weight excluding hydrogens is 266 g/mol. The number of nitrogen functional groups attached to an aromatic ring is 1. The van der Waals surface area contributed by atoms with Crippen molar-refractivity contribution in [3.63, 3.8) is 0 Å². The number of benzene rings is 3. The van der Waals surface area contributed by atoms with Crippen molar-refractivity contribution in [1.29, 1.82) is 0 Å². The van der Waals surface area contributed by atoms with Crippen LogP contribution in [0.5, 0.6) is 0 Å². The molecule has 0 atom stereocenters. The molecule has 0 bridgehead atoms. The molecule has 112 valence electrons. The van der Waals surface area contributed by atoms with Gasteiger partial charge in [0, 0.05) is 16.6 Å². The Bertz CT molecular complexity index is 774. The summed E-state index contributed by atoms with van der Waals surface area (Å²) >= 11 is 0. The monoisotopic (exact) mass is 289 g/mol. The van der Waals surface area contributed by atoms with E-state index in [9.17, 15) is 0 Å². The maximum atomic E-state index is 6.47. The maximum absolute atomic E-state index is 6.47. The minimum absolute atomic E-state index is 0.890. The highest BCUT2D eigenvalue weighted by Gasteiger charge is 2.10. The summed E-state index contributed by atoms with van der Waals surface area (Å²) in [6, 6.07) is 21.3. The maximum Gasteiger partial charge on any atom is 0.0473 e. The van der Waals surface area contributed by atoms with Gasteiger partial charge in [-0.05, 0) is 29.4 Å². The zero-order valence-electron chi connectivity index (χ0n) is 13.2. The lowest BCUT2D eigenvalue weighted by Crippen LogP contribution is -1.96. The van der Waals surface area contributed by atoms with Crippen LogP contribution in [0.15, 0.2) is 60.7 Å². The third kappa shape index (κ3) is 2.85. The molecule has 1 nitrogen and oxygen atoms in total. The van der Waals surface area contributed by atoms with Crippen molar-refractivity contribution in [2.24, 2.45) is 0 Å². The van der Waals surface area contributed by atoms with Gasteiger partial charge in [0.25, 0.3) is 0 Å². The van der Waals surface area contributed by atoms with Gasteiger partial charge in [-0.1, -0.05) is 80.4 Å². The van der Waals surface area contributed by atoms with Crippen LogP contribution in [0.25, 0.3) is 21.9 Å². The van der Waals surface area contributed by atoms with Gasteiger partial charge in [-0.15, -0.1) is 0 Å². The number of hydrogen-bond acceptors (Lipinski definition) is 1. The predicted octanol–water partition coefficient (Wildman–Crippen LogP) is 5.82. The quantitative estimate of drug-likeness (QED) is 0.464. The van der Waals surface area contributed by atoms with Gasteiger partial charge in [0.2, 0.25) is 0 Å². The van der Waals surface area contributed by atoms with Crippen molar-refractivity contribution in [1.82, 2.24) is 0 Å². The average molecular weight is 289 g/mol. The lowest BCUT2D eigenvalue weighted by molar-refractivity contribution is 0.718. The van der Waals surface area contributed by atoms with Crippen LogP contribution in [0.3, 0.4) is 0 Å². The molecular formula is C21H23N. The van der Waals surface area contributed by atoms with Crippen LogP contribution >= 0.6 is 0 Å². The summed E-state index contributed by atoms with van der Waals surface area (Å²) in [4.78, 5) is 0. The van der Waals surface area contributed by atoms with Crippen LogP contribution in [0, 0.1) is 0 Å². The van der Waals surface area contributed by atoms with E-state index in [1.807, 2.05) is 0 Å². The predicted molar refractivity (Wildman–Crippen MR) is 97.0 cm³/mol. The van der Waals surface area contributed by atoms with Crippen LogP contribution in [-0.4, -0.2) is 0 Å². The van der Waals surface area contributed by atoms with Gasteiger partial charge in [-0.2, -0.15) is 0 Å². The number of unbranched alkanes of at least 4 members (excludes halogenated alkanes) is 2. The first-order chi connectivity index (χ1) is 10.8. The van der Waals surface area contributed by atoms with Crippen LogP contribution in [0.4, 0.5) is 5.69 Å². The highest BCUT2D eigenvalue weighted by atomic mass is 14.6. The molecule has 3 rings (SSSR count). The van der Waals surface area contributed by atoms with Crippen molar-refractivity contribution in [3.8, 4) is 11.1 Å². The van der Waals surface area contributed by atoms with Crippen LogP contribution in [0.1, 0.15) is 31.7 Å². The Labute approximate surface area is 132 Å². The topological polar surface area (TPSA) is 26.0 Å². The van der Waals surface area contributed by atoms with E-state index in [4.69, 9.17) is 5.73 Å². The zero-order valence-corrected chi connectivity index (χ0v) is 13.2. The van der Waals surface area contributed by atoms with E-state index in [-0.39, 0.29) is 0 Å². The molecule has 0 fully saturated rings. The van der Waals surface area contributed by atoms with Crippen molar-refractivity contribution in [2.45, 2.75) is 32.6 Å². The van der Waals surface area contributed by atoms with Gasteiger partial charge >= 0.3 is 0 Å². The van der Waals surface area contributed by atoms with Gasteiger partial charge in [0.05, 0.1) is 0 Å². The normalized spacial score (nSPS) is 11.0. The van der Waals surface area contributed by atoms with E-state index in [1.54, 1.807) is 0 Å². The Morgan fingerprint density at radius 1 is 0.773 bits per heavy atom. The largest absolute Gasteiger partial charge is 0.398 e. The minimum Gasteiger partial charge on any atom is -0.398 e. The van der Waals surface area contributed by atoms with Crippen LogP contribution in [0.2, 0.25) is 0 Å². The smallest absolute Gasteiger partial charge is 0.0473 e. The molecule has 0 radical (unpaired) electrons. The Morgan fingerprint density at radius 2 is 1.55 bits per heavy atom. The summed E-state index contributed by atoms with van der Waals surface area (Å²) < 4.78 is 0. The molecule has 0 heterocycles. The van der Waals surface area contributed by atoms with E-state index >= 15 is 0 Å². The summed E-state index contributed by atoms with van der Waals surface area (Å²) in [6.45, 7) is 2.24. The fourth-order valence-electron chi connectivity index (χ4n) is 3.10. The molecule has 0 aliphatic carbocycles. The molecule has 3 aromatic rings. The molecule has 0 saturated carbocycles. The third-order valence-corrected chi connectivity index (χ3v) is 4.33. The molecule has 0 aliphatic heterocycles. The zero-order chi connectivity index (χ0) is 15.4. The fourth-order valence-corrected chi connectivity index (χ4v) is 3.10. The number of aryl methyl sites for hydroxylation is 1. The number of fused-ring (bicyclic) bond motifs is 1. The third-order valence-electron chi connectivity index (χ3n) is 4.33. The Hall–Kier alpha value is -2.28. The summed E-state index contributed by atoms with van der Waals surface area (Å²) in [5, 5.41) is 2.34. The molecule has 3 aromatic carbocycles. The van der Waals surface area contributed by atoms with Gasteiger partial charge in [-0.25, -0.2) is 0 Å². The number of hydrogen-bond donors (Lipinski definition) is 1. The summed E-state index contributed by atoms with van der Waals surface area (Å²) in [6.07, 6.45) is 4.89. The summed E-state index contributed by atoms with van der Waals surface area (Å²) in [7, 11) is 0. The van der Waals surface area contributed by atoms with Crippen molar-refractivity contribution in [2.75, 3.05) is 5.73 Å². The first kappa shape index (κ1) is 14.6.